The monoisotopic (exact) mass is 437 g/mol. The number of rotatable bonds is 20. The topological polar surface area (TPSA) is 55.4 Å². The summed E-state index contributed by atoms with van der Waals surface area (Å²) in [5.74, 6) is -0.188. The largest absolute Gasteiger partial charge is 0.464 e. The van der Waals surface area contributed by atoms with Gasteiger partial charge in [-0.15, -0.1) is 0 Å². The van der Waals surface area contributed by atoms with E-state index in [1.165, 1.54) is 89.9 Å². The first-order chi connectivity index (χ1) is 15.1. The molecule has 0 heterocycles. The van der Waals surface area contributed by atoms with Crippen molar-refractivity contribution in [3.05, 3.63) is 0 Å². The van der Waals surface area contributed by atoms with Crippen LogP contribution in [0.15, 0.2) is 0 Å². The smallest absolute Gasteiger partial charge is 0.328 e. The summed E-state index contributed by atoms with van der Waals surface area (Å²) in [7, 11) is 0. The third-order valence-corrected chi connectivity index (χ3v) is 6.68. The summed E-state index contributed by atoms with van der Waals surface area (Å²) in [6.45, 7) is 4.48. The van der Waals surface area contributed by atoms with E-state index < -0.39 is 6.04 Å². The zero-order chi connectivity index (χ0) is 22.6. The van der Waals surface area contributed by atoms with Crippen molar-refractivity contribution in [1.29, 1.82) is 0 Å². The lowest BCUT2D eigenvalue weighted by Gasteiger charge is -2.16. The van der Waals surface area contributed by atoms with Gasteiger partial charge in [0.25, 0.3) is 0 Å². The Morgan fingerprint density at radius 2 is 1.16 bits per heavy atom. The Morgan fingerprint density at radius 1 is 0.742 bits per heavy atom. The van der Waals surface area contributed by atoms with Crippen LogP contribution in [-0.2, 0) is 14.3 Å². The summed E-state index contributed by atoms with van der Waals surface area (Å²) < 4.78 is 5.33. The molecule has 31 heavy (non-hydrogen) atoms. The molecule has 1 amide bonds. The molecule has 0 aromatic carbocycles. The van der Waals surface area contributed by atoms with E-state index in [-0.39, 0.29) is 17.8 Å². The molecule has 0 aromatic rings. The van der Waals surface area contributed by atoms with Gasteiger partial charge in [-0.05, 0) is 26.2 Å². The van der Waals surface area contributed by atoms with Crippen LogP contribution in [0.4, 0.5) is 0 Å². The molecule has 0 aromatic heterocycles. The number of carbonyl (C=O) groups excluding carboxylic acids is 2. The molecule has 1 saturated carbocycles. The molecule has 4 heteroatoms. The molecule has 0 radical (unpaired) electrons. The van der Waals surface area contributed by atoms with E-state index in [0.717, 1.165) is 38.5 Å². The molecular formula is C27H51NO3. The fourth-order valence-corrected chi connectivity index (χ4v) is 4.53. The van der Waals surface area contributed by atoms with Crippen LogP contribution in [-0.4, -0.2) is 24.5 Å². The van der Waals surface area contributed by atoms with E-state index in [2.05, 4.69) is 12.2 Å². The lowest BCUT2D eigenvalue weighted by Crippen LogP contribution is -2.42. The predicted octanol–water partition coefficient (Wildman–Crippen LogP) is 7.49. The maximum atomic E-state index is 12.1. The first-order valence-electron chi connectivity index (χ1n) is 13.6. The molecule has 182 valence electrons. The van der Waals surface area contributed by atoms with Gasteiger partial charge in [0, 0.05) is 5.92 Å². The number of nitrogens with one attached hydrogen (secondary N) is 1. The zero-order valence-electron chi connectivity index (χ0n) is 20.7. The number of unbranched alkanes of at least 4 members (excludes halogenated alkanes) is 15. The summed E-state index contributed by atoms with van der Waals surface area (Å²) in [5.41, 5.74) is 0. The number of hydrogen-bond donors (Lipinski definition) is 1. The van der Waals surface area contributed by atoms with Crippen LogP contribution in [0.5, 0.6) is 0 Å². The van der Waals surface area contributed by atoms with Gasteiger partial charge >= 0.3 is 5.97 Å². The quantitative estimate of drug-likeness (QED) is 0.159. The second kappa shape index (κ2) is 19.6. The van der Waals surface area contributed by atoms with Gasteiger partial charge in [-0.1, -0.05) is 116 Å². The van der Waals surface area contributed by atoms with Crippen LogP contribution in [0.3, 0.4) is 0 Å². The molecule has 1 fully saturated rings. The van der Waals surface area contributed by atoms with Crippen molar-refractivity contribution in [3.8, 4) is 0 Å². The number of hydrogen-bond acceptors (Lipinski definition) is 3. The van der Waals surface area contributed by atoms with Crippen molar-refractivity contribution in [2.24, 2.45) is 5.92 Å². The Labute approximate surface area is 192 Å². The van der Waals surface area contributed by atoms with E-state index in [1.54, 1.807) is 6.92 Å². The van der Waals surface area contributed by atoms with Crippen LogP contribution in [0.25, 0.3) is 0 Å². The normalized spacial score (nSPS) is 15.2. The second-order valence-electron chi connectivity index (χ2n) is 9.68. The number of carbonyl (C=O) groups is 2. The van der Waals surface area contributed by atoms with Gasteiger partial charge in [0.2, 0.25) is 5.91 Å². The summed E-state index contributed by atoms with van der Waals surface area (Å²) >= 11 is 0. The first-order valence-corrected chi connectivity index (χ1v) is 13.6. The van der Waals surface area contributed by atoms with Crippen LogP contribution >= 0.6 is 0 Å². The Morgan fingerprint density at radius 3 is 1.61 bits per heavy atom. The number of ether oxygens (including phenoxy) is 1. The highest BCUT2D eigenvalue weighted by Crippen LogP contribution is 2.24. The van der Waals surface area contributed by atoms with E-state index in [1.807, 2.05) is 0 Å². The number of esters is 1. The molecule has 4 nitrogen and oxygen atoms in total. The predicted molar refractivity (Wildman–Crippen MR) is 130 cm³/mol. The molecule has 1 rings (SSSR count). The Hall–Kier alpha value is -1.06. The maximum Gasteiger partial charge on any atom is 0.328 e. The van der Waals surface area contributed by atoms with E-state index >= 15 is 0 Å². The van der Waals surface area contributed by atoms with E-state index in [9.17, 15) is 9.59 Å². The van der Waals surface area contributed by atoms with Gasteiger partial charge in [0.15, 0.2) is 0 Å². The number of amides is 1. The molecule has 0 saturated heterocycles. The first kappa shape index (κ1) is 28.0. The van der Waals surface area contributed by atoms with Gasteiger partial charge in [0.1, 0.15) is 6.04 Å². The second-order valence-corrected chi connectivity index (χ2v) is 9.68. The van der Waals surface area contributed by atoms with Gasteiger partial charge in [-0.3, -0.25) is 4.79 Å². The highest BCUT2D eigenvalue weighted by atomic mass is 16.5. The molecule has 0 aliphatic heterocycles. The van der Waals surface area contributed by atoms with Crippen LogP contribution in [0, 0.1) is 5.92 Å². The average molecular weight is 438 g/mol. The van der Waals surface area contributed by atoms with Crippen molar-refractivity contribution in [2.45, 2.75) is 148 Å². The van der Waals surface area contributed by atoms with Crippen LogP contribution < -0.4 is 5.32 Å². The minimum absolute atomic E-state index is 0.0179. The third-order valence-electron chi connectivity index (χ3n) is 6.68. The highest BCUT2D eigenvalue weighted by Gasteiger charge is 2.25. The SMILES string of the molecule is CCCCCCCCCCCCCCCCCCOC(=O)[C@H](C)NC(=O)C1CCCC1. The fraction of sp³-hybridized carbons (Fsp3) is 0.926. The Kier molecular flexibility index (Phi) is 17.7. The summed E-state index contributed by atoms with van der Waals surface area (Å²) in [5, 5.41) is 2.81. The van der Waals surface area contributed by atoms with Crippen LogP contribution in [0.1, 0.15) is 142 Å². The lowest BCUT2D eigenvalue weighted by atomic mass is 10.0. The third kappa shape index (κ3) is 15.4. The van der Waals surface area contributed by atoms with E-state index in [4.69, 9.17) is 4.74 Å². The molecular weight excluding hydrogens is 386 g/mol. The summed E-state index contributed by atoms with van der Waals surface area (Å²) in [6.07, 6.45) is 25.5. The minimum Gasteiger partial charge on any atom is -0.464 e. The van der Waals surface area contributed by atoms with Crippen molar-refractivity contribution in [1.82, 2.24) is 5.32 Å². The molecule has 0 unspecified atom stereocenters. The molecule has 1 atom stereocenters. The molecule has 0 bridgehead atoms. The van der Waals surface area contributed by atoms with Crippen LogP contribution in [0.2, 0.25) is 0 Å². The van der Waals surface area contributed by atoms with Gasteiger partial charge in [0.05, 0.1) is 6.61 Å². The minimum atomic E-state index is -0.533. The molecule has 1 N–H and O–H groups in total. The lowest BCUT2D eigenvalue weighted by molar-refractivity contribution is -0.147. The summed E-state index contributed by atoms with van der Waals surface area (Å²) in [6, 6.07) is -0.533. The molecule has 0 spiro atoms. The van der Waals surface area contributed by atoms with Crippen molar-refractivity contribution in [3.63, 3.8) is 0 Å². The highest BCUT2D eigenvalue weighted by molar-refractivity contribution is 5.85. The van der Waals surface area contributed by atoms with Crippen molar-refractivity contribution < 1.29 is 14.3 Å². The van der Waals surface area contributed by atoms with Gasteiger partial charge < -0.3 is 10.1 Å². The zero-order valence-corrected chi connectivity index (χ0v) is 20.7. The average Bonchev–Trinajstić information content (AvgIpc) is 3.31. The standard InChI is InChI=1S/C27H51NO3/c1-3-4-5-6-7-8-9-10-11-12-13-14-15-16-17-20-23-31-27(30)24(2)28-26(29)25-21-18-19-22-25/h24-25H,3-23H2,1-2H3,(H,28,29)/t24-/m0/s1. The van der Waals surface area contributed by atoms with Gasteiger partial charge in [-0.2, -0.15) is 0 Å². The Bertz CT molecular complexity index is 446. The molecule has 1 aliphatic rings. The fourth-order valence-electron chi connectivity index (χ4n) is 4.53. The van der Waals surface area contributed by atoms with Crippen molar-refractivity contribution >= 4 is 11.9 Å². The Balaban J connectivity index is 1.80. The van der Waals surface area contributed by atoms with Crippen molar-refractivity contribution in [2.75, 3.05) is 6.61 Å². The molecule has 1 aliphatic carbocycles. The maximum absolute atomic E-state index is 12.1. The summed E-state index contributed by atoms with van der Waals surface area (Å²) in [4.78, 5) is 24.1. The van der Waals surface area contributed by atoms with Gasteiger partial charge in [-0.25, -0.2) is 4.79 Å². The van der Waals surface area contributed by atoms with E-state index in [0.29, 0.717) is 6.61 Å².